The van der Waals surface area contributed by atoms with E-state index in [1.807, 2.05) is 44.3 Å². The number of aromatic amines is 1. The molecule has 0 radical (unpaired) electrons. The van der Waals surface area contributed by atoms with E-state index in [2.05, 4.69) is 27.8 Å². The first-order chi connectivity index (χ1) is 7.81. The molecule has 0 spiro atoms. The van der Waals surface area contributed by atoms with Crippen LogP contribution in [0, 0.1) is 6.92 Å². The Kier molecular flexibility index (Phi) is 3.04. The molecule has 80 valence electrons. The Hall–Kier alpha value is -2.05. The van der Waals surface area contributed by atoms with Crippen LogP contribution in [0.4, 0.5) is 0 Å². The summed E-state index contributed by atoms with van der Waals surface area (Å²) in [4.78, 5) is 7.44. The molecular weight excluding hydrogens is 196 g/mol. The van der Waals surface area contributed by atoms with E-state index in [0.29, 0.717) is 0 Å². The zero-order valence-electron chi connectivity index (χ0n) is 9.49. The SMILES string of the molecule is CC=C=C(c1ccccc1)c1cnc(C)[nH]1. The molecule has 0 unspecified atom stereocenters. The van der Waals surface area contributed by atoms with Gasteiger partial charge in [0.05, 0.1) is 11.9 Å². The van der Waals surface area contributed by atoms with Gasteiger partial charge in [0.15, 0.2) is 0 Å². The molecule has 2 heteroatoms. The minimum absolute atomic E-state index is 0.918. The maximum atomic E-state index is 4.21. The van der Waals surface area contributed by atoms with Crippen LogP contribution < -0.4 is 0 Å². The van der Waals surface area contributed by atoms with Crippen molar-refractivity contribution in [3.63, 3.8) is 0 Å². The number of nitrogens with one attached hydrogen (secondary N) is 1. The topological polar surface area (TPSA) is 28.7 Å². The molecule has 0 aliphatic rings. The Morgan fingerprint density at radius 3 is 2.62 bits per heavy atom. The van der Waals surface area contributed by atoms with Crippen molar-refractivity contribution in [1.82, 2.24) is 9.97 Å². The van der Waals surface area contributed by atoms with Gasteiger partial charge in [-0.25, -0.2) is 4.98 Å². The van der Waals surface area contributed by atoms with Gasteiger partial charge in [0.1, 0.15) is 5.82 Å². The monoisotopic (exact) mass is 210 g/mol. The van der Waals surface area contributed by atoms with Gasteiger partial charge in [-0.1, -0.05) is 30.3 Å². The van der Waals surface area contributed by atoms with Gasteiger partial charge >= 0.3 is 0 Å². The Labute approximate surface area is 95.4 Å². The standard InChI is InChI=1S/C14H14N2/c1-3-7-13(12-8-5-4-6-9-12)14-10-15-11(2)16-14/h3-6,8-10H,1-2H3,(H,15,16). The highest BCUT2D eigenvalue weighted by Crippen LogP contribution is 2.20. The number of benzene rings is 1. The third-order valence-corrected chi connectivity index (χ3v) is 2.32. The zero-order valence-corrected chi connectivity index (χ0v) is 9.49. The van der Waals surface area contributed by atoms with Crippen LogP contribution >= 0.6 is 0 Å². The van der Waals surface area contributed by atoms with Crippen LogP contribution in [0.1, 0.15) is 24.0 Å². The summed E-state index contributed by atoms with van der Waals surface area (Å²) in [6.45, 7) is 3.91. The summed E-state index contributed by atoms with van der Waals surface area (Å²) in [5, 5.41) is 0. The second-order valence-corrected chi connectivity index (χ2v) is 3.56. The van der Waals surface area contributed by atoms with Crippen molar-refractivity contribution in [3.05, 3.63) is 65.4 Å². The van der Waals surface area contributed by atoms with E-state index >= 15 is 0 Å². The van der Waals surface area contributed by atoms with Crippen molar-refractivity contribution < 1.29 is 0 Å². The summed E-state index contributed by atoms with van der Waals surface area (Å²) in [7, 11) is 0. The zero-order chi connectivity index (χ0) is 11.4. The number of rotatable bonds is 2. The highest BCUT2D eigenvalue weighted by Gasteiger charge is 2.05. The predicted molar refractivity (Wildman–Crippen MR) is 66.0 cm³/mol. The van der Waals surface area contributed by atoms with Gasteiger partial charge in [0, 0.05) is 5.57 Å². The third kappa shape index (κ3) is 2.13. The smallest absolute Gasteiger partial charge is 0.103 e. The number of hydrogen-bond donors (Lipinski definition) is 1. The van der Waals surface area contributed by atoms with Gasteiger partial charge in [0.2, 0.25) is 0 Å². The summed E-state index contributed by atoms with van der Waals surface area (Å²) >= 11 is 0. The minimum atomic E-state index is 0.918. The Bertz CT molecular complexity index is 529. The number of H-pyrrole nitrogens is 1. The van der Waals surface area contributed by atoms with Crippen molar-refractivity contribution >= 4 is 5.57 Å². The normalized spacial score (nSPS) is 9.62. The van der Waals surface area contributed by atoms with Crippen LogP contribution in [0.2, 0.25) is 0 Å². The van der Waals surface area contributed by atoms with Gasteiger partial charge in [-0.2, -0.15) is 0 Å². The molecule has 0 fully saturated rings. The fraction of sp³-hybridized carbons (Fsp3) is 0.143. The lowest BCUT2D eigenvalue weighted by Crippen LogP contribution is -1.86. The molecule has 16 heavy (non-hydrogen) atoms. The summed E-state index contributed by atoms with van der Waals surface area (Å²) < 4.78 is 0. The van der Waals surface area contributed by atoms with Crippen molar-refractivity contribution in [3.8, 4) is 0 Å². The van der Waals surface area contributed by atoms with E-state index in [9.17, 15) is 0 Å². The molecule has 1 aromatic carbocycles. The molecular formula is C14H14N2. The molecule has 0 atom stereocenters. The van der Waals surface area contributed by atoms with E-state index in [1.165, 1.54) is 0 Å². The largest absolute Gasteiger partial charge is 0.342 e. The highest BCUT2D eigenvalue weighted by molar-refractivity contribution is 5.77. The Morgan fingerprint density at radius 2 is 2.06 bits per heavy atom. The molecule has 0 saturated carbocycles. The third-order valence-electron chi connectivity index (χ3n) is 2.32. The molecule has 0 bridgehead atoms. The molecule has 1 heterocycles. The first kappa shape index (κ1) is 10.5. The fourth-order valence-electron chi connectivity index (χ4n) is 1.61. The van der Waals surface area contributed by atoms with Gasteiger partial charge in [-0.15, -0.1) is 5.73 Å². The number of imidazole rings is 1. The highest BCUT2D eigenvalue weighted by atomic mass is 14.9. The maximum Gasteiger partial charge on any atom is 0.103 e. The molecule has 0 amide bonds. The average molecular weight is 210 g/mol. The van der Waals surface area contributed by atoms with Crippen LogP contribution in [0.25, 0.3) is 5.57 Å². The van der Waals surface area contributed by atoms with Gasteiger partial charge in [-0.3, -0.25) is 0 Å². The first-order valence-corrected chi connectivity index (χ1v) is 5.30. The summed E-state index contributed by atoms with van der Waals surface area (Å²) in [5.74, 6) is 0.918. The van der Waals surface area contributed by atoms with Gasteiger partial charge < -0.3 is 4.98 Å². The lowest BCUT2D eigenvalue weighted by Gasteiger charge is -2.01. The lowest BCUT2D eigenvalue weighted by molar-refractivity contribution is 1.14. The number of hydrogen-bond acceptors (Lipinski definition) is 1. The van der Waals surface area contributed by atoms with Crippen molar-refractivity contribution in [1.29, 1.82) is 0 Å². The average Bonchev–Trinajstić information content (AvgIpc) is 2.74. The molecule has 0 aliphatic heterocycles. The number of allylic oxidation sites excluding steroid dienone is 1. The van der Waals surface area contributed by atoms with E-state index in [0.717, 1.165) is 22.7 Å². The predicted octanol–water partition coefficient (Wildman–Crippen LogP) is 3.32. The quantitative estimate of drug-likeness (QED) is 0.757. The van der Waals surface area contributed by atoms with Crippen LogP contribution in [0.15, 0.2) is 48.3 Å². The molecule has 2 aromatic rings. The fourth-order valence-corrected chi connectivity index (χ4v) is 1.61. The second kappa shape index (κ2) is 4.65. The van der Waals surface area contributed by atoms with Crippen LogP contribution in [-0.2, 0) is 0 Å². The number of nitrogens with zero attached hydrogens (tertiary/aromatic N) is 1. The molecule has 0 aliphatic carbocycles. The van der Waals surface area contributed by atoms with Crippen molar-refractivity contribution in [2.75, 3.05) is 0 Å². The van der Waals surface area contributed by atoms with E-state index in [4.69, 9.17) is 0 Å². The maximum absolute atomic E-state index is 4.21. The number of aryl methyl sites for hydroxylation is 1. The van der Waals surface area contributed by atoms with E-state index in [-0.39, 0.29) is 0 Å². The molecule has 2 rings (SSSR count). The molecule has 0 saturated heterocycles. The lowest BCUT2D eigenvalue weighted by atomic mass is 10.0. The van der Waals surface area contributed by atoms with E-state index < -0.39 is 0 Å². The van der Waals surface area contributed by atoms with Crippen molar-refractivity contribution in [2.24, 2.45) is 0 Å². The van der Waals surface area contributed by atoms with E-state index in [1.54, 1.807) is 0 Å². The Morgan fingerprint density at radius 1 is 1.31 bits per heavy atom. The van der Waals surface area contributed by atoms with Crippen LogP contribution in [0.5, 0.6) is 0 Å². The molecule has 1 N–H and O–H groups in total. The molecule has 2 nitrogen and oxygen atoms in total. The summed E-state index contributed by atoms with van der Waals surface area (Å²) in [5.41, 5.74) is 6.44. The minimum Gasteiger partial charge on any atom is -0.342 e. The molecule has 1 aromatic heterocycles. The first-order valence-electron chi connectivity index (χ1n) is 5.30. The summed E-state index contributed by atoms with van der Waals surface area (Å²) in [6, 6.07) is 10.2. The summed E-state index contributed by atoms with van der Waals surface area (Å²) in [6.07, 6.45) is 3.76. The van der Waals surface area contributed by atoms with Crippen LogP contribution in [0.3, 0.4) is 0 Å². The second-order valence-electron chi connectivity index (χ2n) is 3.56. The van der Waals surface area contributed by atoms with Crippen LogP contribution in [-0.4, -0.2) is 9.97 Å². The van der Waals surface area contributed by atoms with Crippen molar-refractivity contribution in [2.45, 2.75) is 13.8 Å². The van der Waals surface area contributed by atoms with Gasteiger partial charge in [0.25, 0.3) is 0 Å². The number of aromatic nitrogens is 2. The van der Waals surface area contributed by atoms with Gasteiger partial charge in [-0.05, 0) is 25.5 Å². The Balaban J connectivity index is 2.52.